The molecule has 0 bridgehead atoms. The Kier molecular flexibility index (Phi) is 2.19. The van der Waals surface area contributed by atoms with Crippen LogP contribution in [0.1, 0.15) is 42.8 Å². The number of hydrogen-bond donors (Lipinski definition) is 1. The zero-order chi connectivity index (χ0) is 13.3. The molecule has 20 heavy (non-hydrogen) atoms. The molecule has 0 amide bonds. The molecule has 1 fully saturated rings. The van der Waals surface area contributed by atoms with E-state index in [1.807, 2.05) is 0 Å². The monoisotopic (exact) mass is 268 g/mol. The first-order valence-electron chi connectivity index (χ1n) is 7.88. The molecule has 2 aromatic rings. The number of fused-ring (bicyclic) bond motifs is 3. The van der Waals surface area contributed by atoms with E-state index in [2.05, 4.69) is 33.7 Å². The molecule has 0 spiro atoms. The van der Waals surface area contributed by atoms with E-state index < -0.39 is 0 Å². The van der Waals surface area contributed by atoms with Gasteiger partial charge in [0, 0.05) is 17.6 Å². The highest BCUT2D eigenvalue weighted by Crippen LogP contribution is 2.50. The third-order valence-corrected chi connectivity index (χ3v) is 5.66. The summed E-state index contributed by atoms with van der Waals surface area (Å²) < 4.78 is 2.24. The quantitative estimate of drug-likeness (QED) is 0.796. The van der Waals surface area contributed by atoms with Crippen LogP contribution in [0.25, 0.3) is 10.9 Å². The van der Waals surface area contributed by atoms with Crippen molar-refractivity contribution in [2.24, 2.45) is 5.92 Å². The largest absolute Gasteiger partial charge is 0.373 e. The number of aliphatic hydroxyl groups is 1. The lowest BCUT2D eigenvalue weighted by Gasteiger charge is -2.48. The summed E-state index contributed by atoms with van der Waals surface area (Å²) in [5, 5.41) is 12.0. The molecule has 3 atom stereocenters. The second-order valence-corrected chi connectivity index (χ2v) is 6.60. The number of rotatable bonds is 0. The summed E-state index contributed by atoms with van der Waals surface area (Å²) in [5.74, 6) is 0.648. The molecular weight excluding hydrogens is 248 g/mol. The average molecular weight is 268 g/mol. The number of piperidine rings is 1. The van der Waals surface area contributed by atoms with Crippen LogP contribution in [0.3, 0.4) is 0 Å². The van der Waals surface area contributed by atoms with E-state index in [1.54, 1.807) is 0 Å². The minimum atomic E-state index is -0.331. The van der Waals surface area contributed by atoms with Gasteiger partial charge in [-0.3, -0.25) is 4.90 Å². The van der Waals surface area contributed by atoms with Gasteiger partial charge in [0.25, 0.3) is 0 Å². The number of benzene rings is 1. The number of hydrogen-bond acceptors (Lipinski definition) is 2. The van der Waals surface area contributed by atoms with Crippen molar-refractivity contribution in [2.75, 3.05) is 13.1 Å². The van der Waals surface area contributed by atoms with Gasteiger partial charge in [-0.1, -0.05) is 18.2 Å². The number of para-hydroxylation sites is 1. The zero-order valence-corrected chi connectivity index (χ0v) is 11.6. The van der Waals surface area contributed by atoms with Crippen LogP contribution >= 0.6 is 0 Å². The zero-order valence-electron chi connectivity index (χ0n) is 11.6. The van der Waals surface area contributed by atoms with Crippen molar-refractivity contribution in [2.45, 2.75) is 38.0 Å². The van der Waals surface area contributed by atoms with Gasteiger partial charge < -0.3 is 9.67 Å². The van der Waals surface area contributed by atoms with Crippen LogP contribution in [0.2, 0.25) is 0 Å². The molecule has 1 aromatic heterocycles. The van der Waals surface area contributed by atoms with E-state index in [9.17, 15) is 5.11 Å². The van der Waals surface area contributed by atoms with Gasteiger partial charge >= 0.3 is 0 Å². The van der Waals surface area contributed by atoms with E-state index in [1.165, 1.54) is 48.1 Å². The van der Waals surface area contributed by atoms with Crippen molar-refractivity contribution in [3.8, 4) is 0 Å². The van der Waals surface area contributed by atoms with Crippen molar-refractivity contribution in [1.29, 1.82) is 0 Å². The first kappa shape index (κ1) is 11.4. The van der Waals surface area contributed by atoms with Crippen LogP contribution in [-0.2, 0) is 6.42 Å². The van der Waals surface area contributed by atoms with Gasteiger partial charge in [0.2, 0.25) is 0 Å². The van der Waals surface area contributed by atoms with Gasteiger partial charge in [0.1, 0.15) is 6.23 Å². The number of aliphatic hydroxyl groups excluding tert-OH is 1. The first-order chi connectivity index (χ1) is 9.84. The van der Waals surface area contributed by atoms with Crippen LogP contribution in [0, 0.1) is 5.92 Å². The predicted molar refractivity (Wildman–Crippen MR) is 78.6 cm³/mol. The SMILES string of the molecule is O[C@@H]1CC2CCCN3CCc4c(n1c1ccccc41)C23. The summed E-state index contributed by atoms with van der Waals surface area (Å²) in [5.41, 5.74) is 4.17. The number of aromatic nitrogens is 1. The maximum Gasteiger partial charge on any atom is 0.131 e. The average Bonchev–Trinajstić information content (AvgIpc) is 2.82. The van der Waals surface area contributed by atoms with Gasteiger partial charge in [-0.15, -0.1) is 0 Å². The van der Waals surface area contributed by atoms with Crippen molar-refractivity contribution in [1.82, 2.24) is 9.47 Å². The molecule has 1 N–H and O–H groups in total. The molecule has 2 unspecified atom stereocenters. The van der Waals surface area contributed by atoms with Gasteiger partial charge in [0.15, 0.2) is 0 Å². The highest BCUT2D eigenvalue weighted by atomic mass is 16.3. The van der Waals surface area contributed by atoms with E-state index in [0.717, 1.165) is 12.8 Å². The van der Waals surface area contributed by atoms with Crippen molar-refractivity contribution >= 4 is 10.9 Å². The molecule has 1 aromatic carbocycles. The van der Waals surface area contributed by atoms with E-state index in [-0.39, 0.29) is 6.23 Å². The highest BCUT2D eigenvalue weighted by molar-refractivity contribution is 5.86. The fourth-order valence-electron chi connectivity index (χ4n) is 4.93. The molecule has 0 radical (unpaired) electrons. The first-order valence-corrected chi connectivity index (χ1v) is 7.88. The van der Waals surface area contributed by atoms with Crippen LogP contribution in [0.15, 0.2) is 24.3 Å². The minimum Gasteiger partial charge on any atom is -0.373 e. The molecule has 1 saturated heterocycles. The third kappa shape index (κ3) is 1.28. The Morgan fingerprint density at radius 3 is 3.00 bits per heavy atom. The second-order valence-electron chi connectivity index (χ2n) is 6.60. The third-order valence-electron chi connectivity index (χ3n) is 5.66. The maximum atomic E-state index is 10.7. The summed E-state index contributed by atoms with van der Waals surface area (Å²) in [7, 11) is 0. The van der Waals surface area contributed by atoms with E-state index in [0.29, 0.717) is 12.0 Å². The Balaban J connectivity index is 1.85. The Morgan fingerprint density at radius 1 is 1.15 bits per heavy atom. The van der Waals surface area contributed by atoms with Crippen LogP contribution in [0.4, 0.5) is 0 Å². The van der Waals surface area contributed by atoms with Gasteiger partial charge in [-0.05, 0) is 49.8 Å². The Labute approximate surface area is 118 Å². The standard InChI is InChI=1S/C17H20N2O/c20-15-10-11-4-3-8-18-9-7-13-12-5-1-2-6-14(12)19(15)17(13)16(11)18/h1-2,5-6,11,15-16,20H,3-4,7-10H2/t11?,15-,16?/m1/s1. The predicted octanol–water partition coefficient (Wildman–Crippen LogP) is 2.85. The smallest absolute Gasteiger partial charge is 0.131 e. The fourth-order valence-corrected chi connectivity index (χ4v) is 4.93. The van der Waals surface area contributed by atoms with E-state index >= 15 is 0 Å². The van der Waals surface area contributed by atoms with Crippen LogP contribution in [-0.4, -0.2) is 27.7 Å². The summed E-state index contributed by atoms with van der Waals surface area (Å²) >= 11 is 0. The molecule has 104 valence electrons. The second kappa shape index (κ2) is 3.86. The van der Waals surface area contributed by atoms with Gasteiger partial charge in [-0.25, -0.2) is 0 Å². The molecular formula is C17H20N2O. The topological polar surface area (TPSA) is 28.4 Å². The Hall–Kier alpha value is -1.32. The van der Waals surface area contributed by atoms with Crippen LogP contribution < -0.4 is 0 Å². The van der Waals surface area contributed by atoms with Gasteiger partial charge in [-0.2, -0.15) is 0 Å². The molecule has 0 aliphatic carbocycles. The maximum absolute atomic E-state index is 10.7. The normalized spacial score (nSPS) is 32.4. The molecule has 3 heteroatoms. The molecule has 0 saturated carbocycles. The van der Waals surface area contributed by atoms with Crippen molar-refractivity contribution < 1.29 is 5.11 Å². The molecule has 3 nitrogen and oxygen atoms in total. The van der Waals surface area contributed by atoms with E-state index in [4.69, 9.17) is 0 Å². The van der Waals surface area contributed by atoms with Crippen molar-refractivity contribution in [3.05, 3.63) is 35.5 Å². The summed E-state index contributed by atoms with van der Waals surface area (Å²) in [4.78, 5) is 2.66. The molecule has 4 heterocycles. The number of nitrogens with zero attached hydrogens (tertiary/aromatic N) is 2. The van der Waals surface area contributed by atoms with Crippen LogP contribution in [0.5, 0.6) is 0 Å². The summed E-state index contributed by atoms with van der Waals surface area (Å²) in [6, 6.07) is 9.18. The fraction of sp³-hybridized carbons (Fsp3) is 0.529. The Morgan fingerprint density at radius 2 is 2.05 bits per heavy atom. The lowest BCUT2D eigenvalue weighted by molar-refractivity contribution is -0.0148. The summed E-state index contributed by atoms with van der Waals surface area (Å²) in [6.07, 6.45) is 4.30. The molecule has 5 rings (SSSR count). The molecule has 3 aliphatic rings. The summed E-state index contributed by atoms with van der Waals surface area (Å²) in [6.45, 7) is 2.43. The lowest BCUT2D eigenvalue weighted by Crippen LogP contribution is -2.47. The van der Waals surface area contributed by atoms with Crippen molar-refractivity contribution in [3.63, 3.8) is 0 Å². The van der Waals surface area contributed by atoms with Gasteiger partial charge in [0.05, 0.1) is 11.6 Å². The lowest BCUT2D eigenvalue weighted by atomic mass is 9.78. The highest BCUT2D eigenvalue weighted by Gasteiger charge is 2.44. The molecule has 3 aliphatic heterocycles. The minimum absolute atomic E-state index is 0.331. The Bertz CT molecular complexity index is 690.